The largest absolute Gasteiger partial charge is 0.336 e. The van der Waals surface area contributed by atoms with Crippen LogP contribution in [0.1, 0.15) is 36.0 Å². The molecule has 0 bridgehead atoms. The third-order valence-corrected chi connectivity index (χ3v) is 6.06. The Kier molecular flexibility index (Phi) is 4.73. The number of rotatable bonds is 3. The van der Waals surface area contributed by atoms with E-state index in [0.717, 1.165) is 32.4 Å². The lowest BCUT2D eigenvalue weighted by Gasteiger charge is -2.38. The second-order valence-electron chi connectivity index (χ2n) is 6.57. The molecule has 0 unspecified atom stereocenters. The van der Waals surface area contributed by atoms with Crippen LogP contribution in [-0.4, -0.2) is 62.6 Å². The van der Waals surface area contributed by atoms with E-state index in [1.165, 1.54) is 37.8 Å². The first kappa shape index (κ1) is 16.5. The lowest BCUT2D eigenvalue weighted by atomic mass is 10.1. The van der Waals surface area contributed by atoms with Gasteiger partial charge in [0.2, 0.25) is 0 Å². The Bertz CT molecular complexity index is 673. The molecule has 3 rings (SSSR count). The molecule has 0 spiro atoms. The summed E-state index contributed by atoms with van der Waals surface area (Å²) in [6.07, 6.45) is 6.37. The normalized spacial score (nSPS) is 20.8. The van der Waals surface area contributed by atoms with Crippen LogP contribution in [0, 0.1) is 0 Å². The van der Waals surface area contributed by atoms with Crippen molar-refractivity contribution in [3.8, 4) is 0 Å². The van der Waals surface area contributed by atoms with Gasteiger partial charge < -0.3 is 4.90 Å². The molecule has 6 heteroatoms. The molecule has 2 aliphatic rings. The van der Waals surface area contributed by atoms with Crippen LogP contribution in [0.3, 0.4) is 0 Å². The Morgan fingerprint density at radius 3 is 2.35 bits per heavy atom. The van der Waals surface area contributed by atoms with Crippen LogP contribution in [0.2, 0.25) is 0 Å². The number of benzene rings is 1. The van der Waals surface area contributed by atoms with E-state index in [0.29, 0.717) is 11.6 Å². The standard InChI is InChI=1S/C17H24N2O3S/c1-23(21,22)16-8-4-5-14(13-16)17(20)19-11-9-18(10-12-19)15-6-2-3-7-15/h4-5,8,13,15H,2-3,6-7,9-12H2,1H3. The molecule has 1 aromatic carbocycles. The first-order valence-electron chi connectivity index (χ1n) is 8.28. The predicted octanol–water partition coefficient (Wildman–Crippen LogP) is 1.79. The summed E-state index contributed by atoms with van der Waals surface area (Å²) in [6.45, 7) is 3.28. The molecular weight excluding hydrogens is 312 g/mol. The third kappa shape index (κ3) is 3.75. The van der Waals surface area contributed by atoms with E-state index in [-0.39, 0.29) is 10.8 Å². The lowest BCUT2D eigenvalue weighted by molar-refractivity contribution is 0.0573. The summed E-state index contributed by atoms with van der Waals surface area (Å²) in [6, 6.07) is 7.05. The molecule has 126 valence electrons. The van der Waals surface area contributed by atoms with Gasteiger partial charge in [0, 0.05) is 44.0 Å². The van der Waals surface area contributed by atoms with Gasteiger partial charge in [0.15, 0.2) is 9.84 Å². The molecule has 2 fully saturated rings. The Hall–Kier alpha value is -1.40. The van der Waals surface area contributed by atoms with E-state index in [9.17, 15) is 13.2 Å². The van der Waals surface area contributed by atoms with Crippen molar-refractivity contribution in [2.75, 3.05) is 32.4 Å². The van der Waals surface area contributed by atoms with Gasteiger partial charge in [-0.3, -0.25) is 9.69 Å². The summed E-state index contributed by atoms with van der Waals surface area (Å²) < 4.78 is 23.3. The fraction of sp³-hybridized carbons (Fsp3) is 0.588. The van der Waals surface area contributed by atoms with Crippen molar-refractivity contribution in [2.45, 2.75) is 36.6 Å². The molecule has 1 aromatic rings. The van der Waals surface area contributed by atoms with Crippen LogP contribution < -0.4 is 0 Å². The van der Waals surface area contributed by atoms with Gasteiger partial charge in [-0.2, -0.15) is 0 Å². The summed E-state index contributed by atoms with van der Waals surface area (Å²) in [4.78, 5) is 17.2. The molecule has 0 N–H and O–H groups in total. The molecule has 0 aromatic heterocycles. The van der Waals surface area contributed by atoms with Crippen molar-refractivity contribution < 1.29 is 13.2 Å². The number of carbonyl (C=O) groups excluding carboxylic acids is 1. The second-order valence-corrected chi connectivity index (χ2v) is 8.58. The van der Waals surface area contributed by atoms with Crippen molar-refractivity contribution in [3.63, 3.8) is 0 Å². The highest BCUT2D eigenvalue weighted by Gasteiger charge is 2.28. The fourth-order valence-corrected chi connectivity index (χ4v) is 4.27. The minimum absolute atomic E-state index is 0.0680. The maximum atomic E-state index is 12.6. The van der Waals surface area contributed by atoms with Gasteiger partial charge in [-0.1, -0.05) is 18.9 Å². The quantitative estimate of drug-likeness (QED) is 0.844. The smallest absolute Gasteiger partial charge is 0.253 e. The third-order valence-electron chi connectivity index (χ3n) is 4.95. The summed E-state index contributed by atoms with van der Waals surface area (Å²) in [7, 11) is -3.29. The zero-order valence-corrected chi connectivity index (χ0v) is 14.4. The van der Waals surface area contributed by atoms with Crippen molar-refractivity contribution >= 4 is 15.7 Å². The van der Waals surface area contributed by atoms with E-state index < -0.39 is 9.84 Å². The number of piperazine rings is 1. The first-order valence-corrected chi connectivity index (χ1v) is 10.2. The van der Waals surface area contributed by atoms with E-state index in [1.807, 2.05) is 4.90 Å². The van der Waals surface area contributed by atoms with Crippen LogP contribution in [0.15, 0.2) is 29.2 Å². The maximum absolute atomic E-state index is 12.6. The van der Waals surface area contributed by atoms with Crippen LogP contribution in [0.4, 0.5) is 0 Å². The minimum atomic E-state index is -3.29. The molecule has 23 heavy (non-hydrogen) atoms. The highest BCUT2D eigenvalue weighted by atomic mass is 32.2. The summed E-state index contributed by atoms with van der Waals surface area (Å²) in [5, 5.41) is 0. The van der Waals surface area contributed by atoms with Crippen molar-refractivity contribution in [3.05, 3.63) is 29.8 Å². The van der Waals surface area contributed by atoms with E-state index >= 15 is 0 Å². The topological polar surface area (TPSA) is 57.7 Å². The molecule has 1 aliphatic carbocycles. The Balaban J connectivity index is 1.65. The van der Waals surface area contributed by atoms with Crippen molar-refractivity contribution in [1.29, 1.82) is 0 Å². The highest BCUT2D eigenvalue weighted by molar-refractivity contribution is 7.90. The van der Waals surface area contributed by atoms with E-state index in [1.54, 1.807) is 12.1 Å². The molecule has 1 saturated carbocycles. The van der Waals surface area contributed by atoms with E-state index in [4.69, 9.17) is 0 Å². The second kappa shape index (κ2) is 6.61. The monoisotopic (exact) mass is 336 g/mol. The zero-order valence-electron chi connectivity index (χ0n) is 13.6. The van der Waals surface area contributed by atoms with Gasteiger partial charge >= 0.3 is 0 Å². The van der Waals surface area contributed by atoms with Crippen LogP contribution in [0.5, 0.6) is 0 Å². The van der Waals surface area contributed by atoms with Crippen LogP contribution >= 0.6 is 0 Å². The molecule has 1 amide bonds. The Morgan fingerprint density at radius 1 is 1.09 bits per heavy atom. The minimum Gasteiger partial charge on any atom is -0.336 e. The molecule has 1 saturated heterocycles. The van der Waals surface area contributed by atoms with Gasteiger partial charge in [0.1, 0.15) is 0 Å². The summed E-state index contributed by atoms with van der Waals surface area (Å²) in [5.41, 5.74) is 0.460. The molecule has 1 aliphatic heterocycles. The van der Waals surface area contributed by atoms with Crippen LogP contribution in [0.25, 0.3) is 0 Å². The SMILES string of the molecule is CS(=O)(=O)c1cccc(C(=O)N2CCN(C3CCCC3)CC2)c1. The van der Waals surface area contributed by atoms with Gasteiger partial charge in [0.25, 0.3) is 5.91 Å². The van der Waals surface area contributed by atoms with Crippen LogP contribution in [-0.2, 0) is 9.84 Å². The van der Waals surface area contributed by atoms with Gasteiger partial charge in [0.05, 0.1) is 4.90 Å². The Labute approximate surface area is 138 Å². The number of nitrogens with zero attached hydrogens (tertiary/aromatic N) is 2. The maximum Gasteiger partial charge on any atom is 0.253 e. The summed E-state index contributed by atoms with van der Waals surface area (Å²) in [5.74, 6) is -0.0680. The van der Waals surface area contributed by atoms with Gasteiger partial charge in [-0.15, -0.1) is 0 Å². The number of hydrogen-bond donors (Lipinski definition) is 0. The predicted molar refractivity (Wildman–Crippen MR) is 89.3 cm³/mol. The van der Waals surface area contributed by atoms with Gasteiger partial charge in [-0.05, 0) is 31.0 Å². The average Bonchev–Trinajstić information content (AvgIpc) is 3.08. The molecule has 1 heterocycles. The summed E-state index contributed by atoms with van der Waals surface area (Å²) >= 11 is 0. The Morgan fingerprint density at radius 2 is 1.74 bits per heavy atom. The average molecular weight is 336 g/mol. The molecule has 5 nitrogen and oxygen atoms in total. The zero-order chi connectivity index (χ0) is 16.4. The number of sulfone groups is 1. The number of carbonyl (C=O) groups is 1. The number of amides is 1. The fourth-order valence-electron chi connectivity index (χ4n) is 3.60. The number of hydrogen-bond acceptors (Lipinski definition) is 4. The van der Waals surface area contributed by atoms with Crippen molar-refractivity contribution in [1.82, 2.24) is 9.80 Å². The molecule has 0 atom stereocenters. The van der Waals surface area contributed by atoms with Crippen molar-refractivity contribution in [2.24, 2.45) is 0 Å². The van der Waals surface area contributed by atoms with Gasteiger partial charge in [-0.25, -0.2) is 8.42 Å². The first-order chi connectivity index (χ1) is 10.9. The molecule has 0 radical (unpaired) electrons. The molecular formula is C17H24N2O3S. The highest BCUT2D eigenvalue weighted by Crippen LogP contribution is 2.24. The lowest BCUT2D eigenvalue weighted by Crippen LogP contribution is -2.51. The van der Waals surface area contributed by atoms with E-state index in [2.05, 4.69) is 4.90 Å².